The Morgan fingerprint density at radius 1 is 1.69 bits per heavy atom. The van der Waals surface area contributed by atoms with Gasteiger partial charge in [0.25, 0.3) is 0 Å². The Kier molecular flexibility index (Phi) is 4.74. The zero-order valence-electron chi connectivity index (χ0n) is 8.86. The van der Waals surface area contributed by atoms with E-state index in [9.17, 15) is 4.79 Å². The van der Waals surface area contributed by atoms with Crippen molar-refractivity contribution >= 4 is 17.6 Å². The minimum absolute atomic E-state index is 0.254. The molecule has 0 fully saturated rings. The third-order valence-electron chi connectivity index (χ3n) is 2.09. The molecule has 0 atom stereocenters. The number of aryl methyl sites for hydroxylation is 1. The van der Waals surface area contributed by atoms with E-state index in [4.69, 9.17) is 16.9 Å². The summed E-state index contributed by atoms with van der Waals surface area (Å²) in [6, 6.07) is 3.53. The van der Waals surface area contributed by atoms with Gasteiger partial charge in [0, 0.05) is 12.6 Å². The van der Waals surface area contributed by atoms with E-state index in [1.807, 2.05) is 6.07 Å². The van der Waals surface area contributed by atoms with Crippen LogP contribution in [-0.4, -0.2) is 18.1 Å². The van der Waals surface area contributed by atoms with Crippen molar-refractivity contribution in [2.75, 3.05) is 7.11 Å². The molecule has 0 spiro atoms. The van der Waals surface area contributed by atoms with E-state index in [1.165, 1.54) is 13.2 Å². The Hall–Kier alpha value is -1.60. The molecule has 5 heteroatoms. The smallest absolute Gasteiger partial charge is 0.338 e. The molecule has 1 heterocycles. The highest BCUT2D eigenvalue weighted by molar-refractivity contribution is 6.29. The molecule has 0 amide bonds. The summed E-state index contributed by atoms with van der Waals surface area (Å²) in [6.07, 6.45) is 3.29. The van der Waals surface area contributed by atoms with Gasteiger partial charge in [0.15, 0.2) is 0 Å². The Labute approximate surface area is 98.8 Å². The molecule has 16 heavy (non-hydrogen) atoms. The van der Waals surface area contributed by atoms with Crippen LogP contribution in [0.3, 0.4) is 0 Å². The molecule has 0 bridgehead atoms. The zero-order chi connectivity index (χ0) is 12.0. The molecule has 0 radical (unpaired) electrons. The Morgan fingerprint density at radius 2 is 2.44 bits per heavy atom. The SMILES string of the molecule is COC(=O)c1cc(Cl)ncc1CCCC#N. The van der Waals surface area contributed by atoms with Crippen molar-refractivity contribution in [2.45, 2.75) is 19.3 Å². The molecule has 1 aromatic heterocycles. The fraction of sp³-hybridized carbons (Fsp3) is 0.364. The standard InChI is InChI=1S/C11H11ClN2O2/c1-16-11(15)9-6-10(12)14-7-8(9)4-2-3-5-13/h6-7H,2-4H2,1H3. The Balaban J connectivity index is 2.90. The lowest BCUT2D eigenvalue weighted by Crippen LogP contribution is -2.06. The Bertz CT molecular complexity index is 426. The summed E-state index contributed by atoms with van der Waals surface area (Å²) in [6.45, 7) is 0. The summed E-state index contributed by atoms with van der Waals surface area (Å²) in [7, 11) is 1.32. The molecule has 0 saturated heterocycles. The quantitative estimate of drug-likeness (QED) is 0.459. The van der Waals surface area contributed by atoms with Crippen LogP contribution in [0.1, 0.15) is 28.8 Å². The van der Waals surface area contributed by atoms with Crippen molar-refractivity contribution in [3.63, 3.8) is 0 Å². The first-order chi connectivity index (χ1) is 7.69. The summed E-state index contributed by atoms with van der Waals surface area (Å²) >= 11 is 5.71. The summed E-state index contributed by atoms with van der Waals surface area (Å²) in [5, 5.41) is 8.69. The number of hydrogen-bond acceptors (Lipinski definition) is 4. The number of halogens is 1. The van der Waals surface area contributed by atoms with Crippen LogP contribution in [0.2, 0.25) is 5.15 Å². The van der Waals surface area contributed by atoms with Gasteiger partial charge in [-0.2, -0.15) is 5.26 Å². The van der Waals surface area contributed by atoms with Crippen molar-refractivity contribution in [1.29, 1.82) is 5.26 Å². The molecule has 0 aliphatic carbocycles. The molecule has 0 aliphatic rings. The maximum Gasteiger partial charge on any atom is 0.338 e. The summed E-state index contributed by atoms with van der Waals surface area (Å²) in [5.74, 6) is -0.434. The van der Waals surface area contributed by atoms with Gasteiger partial charge in [0.2, 0.25) is 0 Å². The van der Waals surface area contributed by atoms with E-state index < -0.39 is 5.97 Å². The van der Waals surface area contributed by atoms with E-state index in [0.29, 0.717) is 24.8 Å². The van der Waals surface area contributed by atoms with Crippen LogP contribution in [0, 0.1) is 11.3 Å². The number of hydrogen-bond donors (Lipinski definition) is 0. The van der Waals surface area contributed by atoms with Crippen LogP contribution in [0.15, 0.2) is 12.3 Å². The van der Waals surface area contributed by atoms with Gasteiger partial charge >= 0.3 is 5.97 Å². The van der Waals surface area contributed by atoms with Crippen molar-refractivity contribution in [1.82, 2.24) is 4.98 Å². The van der Waals surface area contributed by atoms with Gasteiger partial charge in [-0.3, -0.25) is 0 Å². The molecule has 4 nitrogen and oxygen atoms in total. The van der Waals surface area contributed by atoms with Crippen LogP contribution in [0.25, 0.3) is 0 Å². The highest BCUT2D eigenvalue weighted by atomic mass is 35.5. The van der Waals surface area contributed by atoms with Crippen LogP contribution in [0.5, 0.6) is 0 Å². The van der Waals surface area contributed by atoms with Crippen LogP contribution in [-0.2, 0) is 11.2 Å². The fourth-order valence-electron chi connectivity index (χ4n) is 1.32. The van der Waals surface area contributed by atoms with E-state index in [1.54, 1.807) is 6.20 Å². The number of methoxy groups -OCH3 is 1. The minimum Gasteiger partial charge on any atom is -0.465 e. The number of ether oxygens (including phenoxy) is 1. The van der Waals surface area contributed by atoms with Crippen LogP contribution in [0.4, 0.5) is 0 Å². The second kappa shape index (κ2) is 6.09. The fourth-order valence-corrected chi connectivity index (χ4v) is 1.47. The number of nitriles is 1. The number of rotatable bonds is 4. The predicted molar refractivity (Wildman–Crippen MR) is 59.1 cm³/mol. The van der Waals surface area contributed by atoms with Gasteiger partial charge in [-0.15, -0.1) is 0 Å². The van der Waals surface area contributed by atoms with Crippen molar-refractivity contribution in [3.05, 3.63) is 28.5 Å². The monoisotopic (exact) mass is 238 g/mol. The molecule has 0 aliphatic heterocycles. The molecule has 1 rings (SSSR count). The number of carbonyl (C=O) groups excluding carboxylic acids is 1. The van der Waals surface area contributed by atoms with Crippen molar-refractivity contribution in [3.8, 4) is 6.07 Å². The third kappa shape index (κ3) is 3.21. The average Bonchev–Trinajstić information content (AvgIpc) is 2.30. The summed E-state index contributed by atoms with van der Waals surface area (Å²) in [4.78, 5) is 15.4. The van der Waals surface area contributed by atoms with Gasteiger partial charge in [0.1, 0.15) is 5.15 Å². The number of esters is 1. The highest BCUT2D eigenvalue weighted by Gasteiger charge is 2.12. The van der Waals surface area contributed by atoms with Crippen LogP contribution < -0.4 is 0 Å². The summed E-state index contributed by atoms with van der Waals surface area (Å²) in [5.41, 5.74) is 1.17. The Morgan fingerprint density at radius 3 is 3.06 bits per heavy atom. The molecular formula is C11H11ClN2O2. The maximum atomic E-state index is 11.4. The molecular weight excluding hydrogens is 228 g/mol. The number of carbonyl (C=O) groups is 1. The third-order valence-corrected chi connectivity index (χ3v) is 2.30. The van der Waals surface area contributed by atoms with Gasteiger partial charge in [-0.25, -0.2) is 9.78 Å². The largest absolute Gasteiger partial charge is 0.465 e. The lowest BCUT2D eigenvalue weighted by atomic mass is 10.0. The van der Waals surface area contributed by atoms with E-state index >= 15 is 0 Å². The van der Waals surface area contributed by atoms with Gasteiger partial charge in [0.05, 0.1) is 18.7 Å². The maximum absolute atomic E-state index is 11.4. The minimum atomic E-state index is -0.434. The lowest BCUT2D eigenvalue weighted by molar-refractivity contribution is 0.0599. The van der Waals surface area contributed by atoms with E-state index in [0.717, 1.165) is 5.56 Å². The van der Waals surface area contributed by atoms with Gasteiger partial charge in [-0.1, -0.05) is 11.6 Å². The average molecular weight is 239 g/mol. The van der Waals surface area contributed by atoms with Gasteiger partial charge < -0.3 is 4.74 Å². The number of aromatic nitrogens is 1. The zero-order valence-corrected chi connectivity index (χ0v) is 9.62. The first kappa shape index (κ1) is 12.5. The molecule has 0 saturated carbocycles. The molecule has 0 aromatic carbocycles. The van der Waals surface area contributed by atoms with E-state index in [2.05, 4.69) is 9.72 Å². The number of pyridine rings is 1. The highest BCUT2D eigenvalue weighted by Crippen LogP contribution is 2.16. The summed E-state index contributed by atoms with van der Waals surface area (Å²) < 4.78 is 4.65. The van der Waals surface area contributed by atoms with Gasteiger partial charge in [-0.05, 0) is 24.5 Å². The first-order valence-electron chi connectivity index (χ1n) is 4.78. The van der Waals surface area contributed by atoms with E-state index in [-0.39, 0.29) is 5.15 Å². The molecule has 0 unspecified atom stereocenters. The number of nitrogens with zero attached hydrogens (tertiary/aromatic N) is 2. The topological polar surface area (TPSA) is 63.0 Å². The second-order valence-electron chi connectivity index (χ2n) is 3.17. The second-order valence-corrected chi connectivity index (χ2v) is 3.55. The molecule has 0 N–H and O–H groups in total. The normalized spacial score (nSPS) is 9.56. The van der Waals surface area contributed by atoms with Crippen LogP contribution >= 0.6 is 11.6 Å². The molecule has 84 valence electrons. The first-order valence-corrected chi connectivity index (χ1v) is 5.16. The number of unbranched alkanes of at least 4 members (excludes halogenated alkanes) is 1. The van der Waals surface area contributed by atoms with Crippen molar-refractivity contribution < 1.29 is 9.53 Å². The van der Waals surface area contributed by atoms with Crippen molar-refractivity contribution in [2.24, 2.45) is 0 Å². The molecule has 1 aromatic rings. The lowest BCUT2D eigenvalue weighted by Gasteiger charge is -2.06. The predicted octanol–water partition coefficient (Wildman–Crippen LogP) is 2.37.